The van der Waals surface area contributed by atoms with Crippen LogP contribution < -0.4 is 4.90 Å². The molecule has 0 bridgehead atoms. The van der Waals surface area contributed by atoms with Gasteiger partial charge >= 0.3 is 6.03 Å². The zero-order valence-corrected chi connectivity index (χ0v) is 25.2. The largest absolute Gasteiger partial charge is 0.339 e. The highest BCUT2D eigenvalue weighted by Gasteiger charge is 2.54. The third kappa shape index (κ3) is 5.19. The van der Waals surface area contributed by atoms with Crippen LogP contribution in [0.15, 0.2) is 126 Å². The molecule has 1 aliphatic heterocycles. The van der Waals surface area contributed by atoms with Crippen molar-refractivity contribution < 1.29 is 18.0 Å². The van der Waals surface area contributed by atoms with Crippen molar-refractivity contribution >= 4 is 27.5 Å². The van der Waals surface area contributed by atoms with E-state index < -0.39 is 34.1 Å². The highest BCUT2D eigenvalue weighted by Crippen LogP contribution is 2.50. The van der Waals surface area contributed by atoms with E-state index in [1.54, 1.807) is 31.2 Å². The number of sulfonamides is 1. The van der Waals surface area contributed by atoms with Crippen molar-refractivity contribution in [3.8, 4) is 0 Å². The van der Waals surface area contributed by atoms with E-state index in [1.807, 2.05) is 98.8 Å². The van der Waals surface area contributed by atoms with Crippen molar-refractivity contribution in [3.63, 3.8) is 0 Å². The molecule has 1 heterocycles. The van der Waals surface area contributed by atoms with Crippen LogP contribution in [0.5, 0.6) is 0 Å². The molecule has 1 aliphatic carbocycles. The molecule has 0 radical (unpaired) electrons. The monoisotopic (exact) mass is 590 g/mol. The minimum atomic E-state index is -4.33. The van der Waals surface area contributed by atoms with Gasteiger partial charge in [-0.3, -0.25) is 9.69 Å². The Morgan fingerprint density at radius 2 is 1.28 bits per heavy atom. The molecule has 4 atom stereocenters. The number of urea groups is 1. The van der Waals surface area contributed by atoms with Crippen LogP contribution in [0, 0.1) is 19.8 Å². The van der Waals surface area contributed by atoms with Gasteiger partial charge in [0.2, 0.25) is 0 Å². The predicted octanol–water partition coefficient (Wildman–Crippen LogP) is 7.36. The summed E-state index contributed by atoms with van der Waals surface area (Å²) in [4.78, 5) is 29.8. The maximum absolute atomic E-state index is 14.8. The van der Waals surface area contributed by atoms with Gasteiger partial charge < -0.3 is 0 Å². The van der Waals surface area contributed by atoms with Crippen molar-refractivity contribution in [1.29, 1.82) is 0 Å². The summed E-state index contributed by atoms with van der Waals surface area (Å²) in [7, 11) is -4.33. The van der Waals surface area contributed by atoms with Gasteiger partial charge in [0.05, 0.1) is 17.0 Å². The quantitative estimate of drug-likeness (QED) is 0.220. The number of hydrogen-bond donors (Lipinski definition) is 0. The van der Waals surface area contributed by atoms with Gasteiger partial charge in [0.1, 0.15) is 5.78 Å². The highest BCUT2D eigenvalue weighted by atomic mass is 32.2. The number of ketones is 1. The zero-order valence-electron chi connectivity index (χ0n) is 24.4. The molecular formula is C36H34N2O4S. The topological polar surface area (TPSA) is 74.8 Å². The second-order valence-electron chi connectivity index (χ2n) is 11.5. The Bertz CT molecular complexity index is 1780. The molecule has 0 spiro atoms. The van der Waals surface area contributed by atoms with Gasteiger partial charge in [-0.05, 0) is 68.2 Å². The number of aryl methyl sites for hydroxylation is 2. The average molecular weight is 591 g/mol. The van der Waals surface area contributed by atoms with Crippen LogP contribution in [0.25, 0.3) is 0 Å². The number of amides is 2. The van der Waals surface area contributed by atoms with E-state index in [2.05, 4.69) is 6.08 Å². The average Bonchev–Trinajstić information content (AvgIpc) is 3.01. The molecule has 1 fully saturated rings. The summed E-state index contributed by atoms with van der Waals surface area (Å²) >= 11 is 0. The lowest BCUT2D eigenvalue weighted by Crippen LogP contribution is -2.62. The first-order chi connectivity index (χ1) is 20.7. The lowest BCUT2D eigenvalue weighted by Gasteiger charge is -2.51. The number of carbonyl (C=O) groups excluding carboxylic acids is 2. The predicted molar refractivity (Wildman–Crippen MR) is 168 cm³/mol. The van der Waals surface area contributed by atoms with E-state index in [9.17, 15) is 18.0 Å². The second-order valence-corrected chi connectivity index (χ2v) is 13.3. The maximum atomic E-state index is 14.8. The standard InChI is InChI=1S/C36H34N2O4S/c1-24-14-18-30(19-15-24)37-35-32(26(3)39)22-29(27-10-6-4-7-11-27)23-33(35)34(28-12-8-5-9-13-28)38(36(37)40)43(41,42)31-20-16-25(2)17-21-31/h4-21,23,29,32,34-35H,22H2,1-3H3/t29-,32-,34+,35+/m0/s1. The van der Waals surface area contributed by atoms with Crippen LogP contribution in [0.2, 0.25) is 0 Å². The van der Waals surface area contributed by atoms with Crippen LogP contribution in [0.1, 0.15) is 47.6 Å². The molecule has 0 unspecified atom stereocenters. The summed E-state index contributed by atoms with van der Waals surface area (Å²) in [5.74, 6) is -0.710. The van der Waals surface area contributed by atoms with E-state index >= 15 is 0 Å². The SMILES string of the molecule is CC(=O)[C@@H]1C[C@H](c2ccccc2)C=C2[C@@H]1N(c1ccc(C)cc1)C(=O)N(S(=O)(=O)c1ccc(C)cc1)[C@@H]2c1ccccc1. The minimum Gasteiger partial charge on any atom is -0.300 e. The molecule has 218 valence electrons. The maximum Gasteiger partial charge on any atom is 0.339 e. The first-order valence-corrected chi connectivity index (χ1v) is 15.9. The van der Waals surface area contributed by atoms with E-state index in [0.717, 1.165) is 26.6 Å². The molecule has 0 saturated carbocycles. The molecule has 1 saturated heterocycles. The fourth-order valence-electron chi connectivity index (χ4n) is 6.41. The lowest BCUT2D eigenvalue weighted by molar-refractivity contribution is -0.121. The number of allylic oxidation sites excluding steroid dienone is 1. The van der Waals surface area contributed by atoms with Crippen LogP contribution >= 0.6 is 0 Å². The minimum absolute atomic E-state index is 0.0359. The summed E-state index contributed by atoms with van der Waals surface area (Å²) in [6.45, 7) is 5.41. The highest BCUT2D eigenvalue weighted by molar-refractivity contribution is 7.89. The lowest BCUT2D eigenvalue weighted by atomic mass is 9.70. The zero-order chi connectivity index (χ0) is 30.3. The molecule has 6 nitrogen and oxygen atoms in total. The number of anilines is 1. The molecule has 4 aromatic carbocycles. The Morgan fingerprint density at radius 3 is 1.84 bits per heavy atom. The molecule has 0 aromatic heterocycles. The van der Waals surface area contributed by atoms with Gasteiger partial charge in [0, 0.05) is 17.5 Å². The number of hydrogen-bond acceptors (Lipinski definition) is 4. The number of fused-ring (bicyclic) bond motifs is 1. The first-order valence-electron chi connectivity index (χ1n) is 14.5. The van der Waals surface area contributed by atoms with Gasteiger partial charge in [-0.25, -0.2) is 17.5 Å². The number of nitrogens with zero attached hydrogens (tertiary/aromatic N) is 2. The van der Waals surface area contributed by atoms with Crippen molar-refractivity contribution in [2.45, 2.75) is 50.1 Å². The fraction of sp³-hybridized carbons (Fsp3) is 0.222. The van der Waals surface area contributed by atoms with E-state index in [1.165, 1.54) is 4.90 Å². The number of Topliss-reactive ketones (excluding diaryl/α,β-unsaturated/α-hetero) is 1. The van der Waals surface area contributed by atoms with Crippen LogP contribution in [0.3, 0.4) is 0 Å². The van der Waals surface area contributed by atoms with Gasteiger partial charge in [-0.15, -0.1) is 0 Å². The van der Waals surface area contributed by atoms with Crippen molar-refractivity contribution in [1.82, 2.24) is 4.31 Å². The van der Waals surface area contributed by atoms with Gasteiger partial charge in [0.25, 0.3) is 10.0 Å². The molecule has 4 aromatic rings. The molecule has 6 rings (SSSR count). The van der Waals surface area contributed by atoms with Crippen molar-refractivity contribution in [2.24, 2.45) is 5.92 Å². The Kier molecular flexibility index (Phi) is 7.52. The molecule has 2 aliphatic rings. The molecule has 0 N–H and O–H groups in total. The van der Waals surface area contributed by atoms with Crippen molar-refractivity contribution in [3.05, 3.63) is 143 Å². The second kappa shape index (κ2) is 11.3. The Balaban J connectivity index is 1.65. The summed E-state index contributed by atoms with van der Waals surface area (Å²) in [5, 5.41) is 0. The summed E-state index contributed by atoms with van der Waals surface area (Å²) in [5.41, 5.74) is 4.90. The summed E-state index contributed by atoms with van der Waals surface area (Å²) in [6, 6.07) is 30.9. The normalized spacial score (nSPS) is 22.1. The van der Waals surface area contributed by atoms with Crippen LogP contribution in [-0.4, -0.2) is 30.6 Å². The van der Waals surface area contributed by atoms with Gasteiger partial charge in [-0.2, -0.15) is 0 Å². The molecule has 7 heteroatoms. The van der Waals surface area contributed by atoms with E-state index in [4.69, 9.17) is 0 Å². The number of carbonyl (C=O) groups is 2. The smallest absolute Gasteiger partial charge is 0.300 e. The molecule has 43 heavy (non-hydrogen) atoms. The summed E-state index contributed by atoms with van der Waals surface area (Å²) < 4.78 is 30.1. The Hall–Kier alpha value is -4.49. The van der Waals surface area contributed by atoms with E-state index in [0.29, 0.717) is 17.7 Å². The Labute approximate surface area is 253 Å². The number of benzene rings is 4. The van der Waals surface area contributed by atoms with Crippen molar-refractivity contribution in [2.75, 3.05) is 4.90 Å². The first kappa shape index (κ1) is 28.6. The fourth-order valence-corrected chi connectivity index (χ4v) is 7.93. The Morgan fingerprint density at radius 1 is 0.744 bits per heavy atom. The third-order valence-electron chi connectivity index (χ3n) is 8.60. The van der Waals surface area contributed by atoms with Gasteiger partial charge in [-0.1, -0.05) is 102 Å². The van der Waals surface area contributed by atoms with Crippen LogP contribution in [-0.2, 0) is 14.8 Å². The third-order valence-corrected chi connectivity index (χ3v) is 10.4. The van der Waals surface area contributed by atoms with E-state index in [-0.39, 0.29) is 16.6 Å². The van der Waals surface area contributed by atoms with Crippen LogP contribution in [0.4, 0.5) is 10.5 Å². The molecule has 2 amide bonds. The summed E-state index contributed by atoms with van der Waals surface area (Å²) in [6.07, 6.45) is 2.61. The molecular weight excluding hydrogens is 556 g/mol. The number of rotatable bonds is 6. The van der Waals surface area contributed by atoms with Gasteiger partial charge in [0.15, 0.2) is 0 Å².